The Morgan fingerprint density at radius 2 is 2.00 bits per heavy atom. The zero-order chi connectivity index (χ0) is 22.5. The van der Waals surface area contributed by atoms with E-state index in [4.69, 9.17) is 9.84 Å². The van der Waals surface area contributed by atoms with Gasteiger partial charge in [-0.25, -0.2) is 13.8 Å². The quantitative estimate of drug-likeness (QED) is 0.396. The van der Waals surface area contributed by atoms with E-state index in [0.29, 0.717) is 11.5 Å². The van der Waals surface area contributed by atoms with Crippen LogP contribution in [0.4, 0.5) is 14.7 Å². The Balaban J connectivity index is 2.06. The first-order chi connectivity index (χ1) is 14.8. The smallest absolute Gasteiger partial charge is 0.295 e. The number of pyridine rings is 1. The van der Waals surface area contributed by atoms with Crippen molar-refractivity contribution in [3.8, 4) is 11.5 Å². The van der Waals surface area contributed by atoms with Crippen molar-refractivity contribution in [1.29, 1.82) is 0 Å². The van der Waals surface area contributed by atoms with Crippen molar-refractivity contribution >= 4 is 17.0 Å². The van der Waals surface area contributed by atoms with E-state index in [-0.39, 0.29) is 49.3 Å². The Kier molecular flexibility index (Phi) is 7.10. The van der Waals surface area contributed by atoms with E-state index >= 15 is 0 Å². The molecule has 0 aliphatic carbocycles. The fourth-order valence-electron chi connectivity index (χ4n) is 2.93. The molecule has 166 valence electrons. The van der Waals surface area contributed by atoms with E-state index < -0.39 is 29.3 Å². The molecule has 0 spiro atoms. The molecule has 4 N–H and O–H groups in total. The maximum Gasteiger partial charge on any atom is 0.295 e. The Morgan fingerprint density at radius 3 is 2.65 bits per heavy atom. The molecule has 3 aromatic rings. The van der Waals surface area contributed by atoms with Crippen molar-refractivity contribution in [3.63, 3.8) is 0 Å². The van der Waals surface area contributed by atoms with Gasteiger partial charge in [0.15, 0.2) is 17.3 Å². The third kappa shape index (κ3) is 5.32. The zero-order valence-corrected chi connectivity index (χ0v) is 16.6. The fourth-order valence-corrected chi connectivity index (χ4v) is 2.93. The highest BCUT2D eigenvalue weighted by Gasteiger charge is 2.17. The first-order valence-electron chi connectivity index (χ1n) is 9.52. The summed E-state index contributed by atoms with van der Waals surface area (Å²) in [6.45, 7) is 0.932. The number of benzene rings is 1. The van der Waals surface area contributed by atoms with Gasteiger partial charge in [0.1, 0.15) is 11.5 Å². The van der Waals surface area contributed by atoms with Gasteiger partial charge in [0.25, 0.3) is 5.56 Å². The first-order valence-corrected chi connectivity index (χ1v) is 9.52. The number of rotatable bonds is 9. The maximum atomic E-state index is 14.0. The summed E-state index contributed by atoms with van der Waals surface area (Å²) in [6.07, 6.45) is 0.739. The van der Waals surface area contributed by atoms with Gasteiger partial charge in [-0.15, -0.1) is 0 Å². The van der Waals surface area contributed by atoms with Crippen LogP contribution in [0.1, 0.15) is 13.3 Å². The van der Waals surface area contributed by atoms with Crippen LogP contribution in [0, 0.1) is 11.6 Å². The lowest BCUT2D eigenvalue weighted by atomic mass is 10.2. The van der Waals surface area contributed by atoms with Crippen molar-refractivity contribution in [2.24, 2.45) is 0 Å². The summed E-state index contributed by atoms with van der Waals surface area (Å²) in [4.78, 5) is 21.4. The number of aromatic nitrogens is 3. The van der Waals surface area contributed by atoms with Crippen LogP contribution < -0.4 is 15.6 Å². The molecule has 0 fully saturated rings. The summed E-state index contributed by atoms with van der Waals surface area (Å²) in [6, 6.07) is 3.52. The van der Waals surface area contributed by atoms with Crippen LogP contribution in [-0.2, 0) is 6.54 Å². The molecular formula is C20H22F2N4O5. The summed E-state index contributed by atoms with van der Waals surface area (Å²) < 4.78 is 33.7. The predicted octanol–water partition coefficient (Wildman–Crippen LogP) is 1.40. The molecule has 2 heterocycles. The van der Waals surface area contributed by atoms with Crippen molar-refractivity contribution < 1.29 is 28.8 Å². The number of halogens is 2. The minimum absolute atomic E-state index is 0.108. The van der Waals surface area contributed by atoms with Gasteiger partial charge in [-0.05, 0) is 31.5 Å². The lowest BCUT2D eigenvalue weighted by Crippen LogP contribution is -2.28. The summed E-state index contributed by atoms with van der Waals surface area (Å²) in [7, 11) is 0. The number of fused-ring (bicyclic) bond motifs is 1. The maximum absolute atomic E-state index is 14.0. The van der Waals surface area contributed by atoms with Gasteiger partial charge in [-0.3, -0.25) is 9.36 Å². The van der Waals surface area contributed by atoms with Crippen molar-refractivity contribution in [2.75, 3.05) is 18.5 Å². The van der Waals surface area contributed by atoms with Gasteiger partial charge in [-0.2, -0.15) is 4.98 Å². The molecule has 0 saturated heterocycles. The average Bonchev–Trinajstić information content (AvgIpc) is 2.72. The number of anilines is 1. The molecule has 0 saturated carbocycles. The largest absolute Gasteiger partial charge is 0.448 e. The van der Waals surface area contributed by atoms with E-state index in [1.54, 1.807) is 0 Å². The summed E-state index contributed by atoms with van der Waals surface area (Å²) >= 11 is 0. The summed E-state index contributed by atoms with van der Waals surface area (Å²) in [5.41, 5.74) is -0.508. The first kappa shape index (κ1) is 22.5. The molecule has 9 nitrogen and oxygen atoms in total. The zero-order valence-electron chi connectivity index (χ0n) is 16.6. The molecule has 2 atom stereocenters. The molecule has 0 radical (unpaired) electrons. The van der Waals surface area contributed by atoms with E-state index in [1.807, 2.05) is 0 Å². The minimum Gasteiger partial charge on any atom is -0.448 e. The minimum atomic E-state index is -0.976. The number of nitrogens with zero attached hydrogens (tertiary/aromatic N) is 3. The van der Waals surface area contributed by atoms with Crippen LogP contribution in [0.2, 0.25) is 0 Å². The van der Waals surface area contributed by atoms with E-state index in [1.165, 1.54) is 19.2 Å². The Labute approximate surface area is 175 Å². The standard InChI is InChI=1S/C20H22F2N4O5/c1-11(29)9-26-18-12(8-23-20(25-18)24-14(10-28)4-5-27)6-17(19(26)30)31-16-3-2-13(21)7-15(16)22/h2-3,6-8,11,14,27-29H,4-5,9-10H2,1H3,(H,23,24,25)/t11?,14-/m1/s1. The average molecular weight is 436 g/mol. The van der Waals surface area contributed by atoms with Gasteiger partial charge in [0.2, 0.25) is 5.95 Å². The predicted molar refractivity (Wildman–Crippen MR) is 108 cm³/mol. The lowest BCUT2D eigenvalue weighted by molar-refractivity contribution is 0.173. The number of hydrogen-bond acceptors (Lipinski definition) is 8. The number of ether oxygens (including phenoxy) is 1. The number of hydrogen-bond donors (Lipinski definition) is 4. The highest BCUT2D eigenvalue weighted by Crippen LogP contribution is 2.25. The number of aliphatic hydroxyl groups excluding tert-OH is 3. The van der Waals surface area contributed by atoms with Crippen molar-refractivity contribution in [1.82, 2.24) is 14.5 Å². The molecule has 2 aromatic heterocycles. The second-order valence-electron chi connectivity index (χ2n) is 6.96. The third-order valence-electron chi connectivity index (χ3n) is 4.39. The molecule has 3 rings (SSSR count). The third-order valence-corrected chi connectivity index (χ3v) is 4.39. The molecule has 1 aromatic carbocycles. The highest BCUT2D eigenvalue weighted by molar-refractivity contribution is 5.77. The van der Waals surface area contributed by atoms with Gasteiger partial charge in [-0.1, -0.05) is 0 Å². The Bertz CT molecular complexity index is 1120. The highest BCUT2D eigenvalue weighted by atomic mass is 19.1. The molecule has 11 heteroatoms. The van der Waals surface area contributed by atoms with Crippen LogP contribution in [0.3, 0.4) is 0 Å². The molecule has 0 amide bonds. The van der Waals surface area contributed by atoms with Gasteiger partial charge >= 0.3 is 0 Å². The monoisotopic (exact) mass is 436 g/mol. The van der Waals surface area contributed by atoms with Gasteiger partial charge in [0, 0.05) is 24.3 Å². The van der Waals surface area contributed by atoms with Crippen molar-refractivity contribution in [3.05, 3.63) is 52.5 Å². The van der Waals surface area contributed by atoms with Gasteiger partial charge in [0.05, 0.1) is 25.3 Å². The Hall–Kier alpha value is -3.15. The Morgan fingerprint density at radius 1 is 1.23 bits per heavy atom. The molecule has 0 bridgehead atoms. The summed E-state index contributed by atoms with van der Waals surface area (Å²) in [5, 5.41) is 31.5. The molecule has 0 aliphatic heterocycles. The van der Waals surface area contributed by atoms with Crippen LogP contribution in [0.5, 0.6) is 11.5 Å². The SMILES string of the molecule is CC(O)Cn1c(=O)c(Oc2ccc(F)cc2F)cc2cnc(N[C@@H](CO)CCO)nc21. The fraction of sp³-hybridized carbons (Fsp3) is 0.350. The number of nitrogens with one attached hydrogen (secondary N) is 1. The normalized spacial score (nSPS) is 13.2. The topological polar surface area (TPSA) is 130 Å². The lowest BCUT2D eigenvalue weighted by Gasteiger charge is -2.17. The number of aliphatic hydroxyl groups is 3. The molecule has 0 aliphatic rings. The van der Waals surface area contributed by atoms with E-state index in [9.17, 15) is 23.8 Å². The van der Waals surface area contributed by atoms with Crippen LogP contribution in [-0.4, -0.2) is 55.2 Å². The molecule has 1 unspecified atom stereocenters. The molecule has 31 heavy (non-hydrogen) atoms. The van der Waals surface area contributed by atoms with E-state index in [0.717, 1.165) is 16.7 Å². The van der Waals surface area contributed by atoms with E-state index in [2.05, 4.69) is 15.3 Å². The van der Waals surface area contributed by atoms with Crippen molar-refractivity contribution in [2.45, 2.75) is 32.0 Å². The second-order valence-corrected chi connectivity index (χ2v) is 6.96. The van der Waals surface area contributed by atoms with Crippen LogP contribution in [0.15, 0.2) is 35.3 Å². The van der Waals surface area contributed by atoms with Gasteiger partial charge < -0.3 is 25.4 Å². The molecular weight excluding hydrogens is 414 g/mol. The van der Waals surface area contributed by atoms with Crippen LogP contribution in [0.25, 0.3) is 11.0 Å². The second kappa shape index (κ2) is 9.77. The summed E-state index contributed by atoms with van der Waals surface area (Å²) in [5.74, 6) is -2.24. The van der Waals surface area contributed by atoms with Crippen LogP contribution >= 0.6 is 0 Å².